The van der Waals surface area contributed by atoms with E-state index in [1.165, 1.54) is 0 Å². The molecule has 47 heavy (non-hydrogen) atoms. The Morgan fingerprint density at radius 1 is 0.957 bits per heavy atom. The van der Waals surface area contributed by atoms with Crippen LogP contribution < -0.4 is 15.2 Å². The quantitative estimate of drug-likeness (QED) is 0.126. The van der Waals surface area contributed by atoms with Crippen LogP contribution in [-0.2, 0) is 14.8 Å². The monoisotopic (exact) mass is 669 g/mol. The highest BCUT2D eigenvalue weighted by Crippen LogP contribution is 2.65. The van der Waals surface area contributed by atoms with Crippen molar-refractivity contribution >= 4 is 32.8 Å². The molecule has 3 aliphatic rings. The fourth-order valence-corrected chi connectivity index (χ4v) is 11.4. The maximum absolute atomic E-state index is 13.3. The lowest BCUT2D eigenvalue weighted by Crippen LogP contribution is -2.51. The van der Waals surface area contributed by atoms with Crippen LogP contribution in [-0.4, -0.2) is 57.8 Å². The van der Waals surface area contributed by atoms with E-state index in [4.69, 9.17) is 0 Å². The van der Waals surface area contributed by atoms with Gasteiger partial charge in [0.25, 0.3) is 10.0 Å². The van der Waals surface area contributed by atoms with Gasteiger partial charge in [0, 0.05) is 43.0 Å². The number of hydrogen-bond acceptors (Lipinski definition) is 7. The average molecular weight is 670 g/mol. The third kappa shape index (κ3) is 7.30. The standard InChI is InChI=1S/C38H59N3O5S/c1-25(11-7-8-22-39-40-47(45,46)35-15-10-12-27-28(35)13-9-14-33(27)41(5)6)30-16-17-32-36-29(24-42)34(44)23-26(43)18-20-37(2,3)31(36)19-21-38(30,32)4/h9-10,12-15,24-26,29-32,34,36,39-40,43-44H,7-8,11,16-23H2,1-6H3/t25-,26+,29+,30-,31?,32?,34-,36?,38-/m1/s1. The van der Waals surface area contributed by atoms with Crippen LogP contribution in [0.1, 0.15) is 91.9 Å². The van der Waals surface area contributed by atoms with Gasteiger partial charge in [-0.2, -0.15) is 0 Å². The largest absolute Gasteiger partial charge is 0.393 e. The van der Waals surface area contributed by atoms with E-state index in [1.54, 1.807) is 12.1 Å². The number of carbonyl (C=O) groups is 1. The first-order chi connectivity index (χ1) is 22.2. The summed E-state index contributed by atoms with van der Waals surface area (Å²) in [6.07, 6.45) is 8.94. The number of nitrogens with one attached hydrogen (secondary N) is 2. The summed E-state index contributed by atoms with van der Waals surface area (Å²) in [4.78, 5) is 17.5. The number of nitrogens with zero attached hydrogens (tertiary/aromatic N) is 1. The Morgan fingerprint density at radius 2 is 1.68 bits per heavy atom. The number of unbranched alkanes of at least 4 members (excludes halogenated alkanes) is 1. The zero-order valence-electron chi connectivity index (χ0n) is 29.4. The molecule has 0 aliphatic heterocycles. The molecule has 4 N–H and O–H groups in total. The minimum Gasteiger partial charge on any atom is -0.393 e. The van der Waals surface area contributed by atoms with Crippen molar-refractivity contribution in [2.24, 2.45) is 46.3 Å². The minimum absolute atomic E-state index is 0.0132. The van der Waals surface area contributed by atoms with Crippen molar-refractivity contribution in [1.29, 1.82) is 0 Å². The molecule has 8 nitrogen and oxygen atoms in total. The van der Waals surface area contributed by atoms with Crippen molar-refractivity contribution < 1.29 is 23.4 Å². The van der Waals surface area contributed by atoms with Gasteiger partial charge in [-0.05, 0) is 104 Å². The van der Waals surface area contributed by atoms with Crippen LogP contribution in [0, 0.1) is 46.3 Å². The van der Waals surface area contributed by atoms with Crippen LogP contribution in [0.4, 0.5) is 5.69 Å². The van der Waals surface area contributed by atoms with Crippen molar-refractivity contribution in [1.82, 2.24) is 10.3 Å². The Kier molecular flexibility index (Phi) is 11.1. The van der Waals surface area contributed by atoms with Crippen molar-refractivity contribution in [2.45, 2.75) is 109 Å². The lowest BCUT2D eigenvalue weighted by molar-refractivity contribution is -0.129. The summed E-state index contributed by atoms with van der Waals surface area (Å²) >= 11 is 0. The Hall–Kier alpha value is -2.04. The summed E-state index contributed by atoms with van der Waals surface area (Å²) in [5, 5.41) is 23.4. The number of aliphatic hydroxyl groups is 2. The Labute approximate surface area is 283 Å². The Balaban J connectivity index is 1.17. The number of sulfonamides is 1. The van der Waals surface area contributed by atoms with Gasteiger partial charge in [0.15, 0.2) is 0 Å². The van der Waals surface area contributed by atoms with Crippen molar-refractivity contribution in [3.05, 3.63) is 36.4 Å². The van der Waals surface area contributed by atoms with E-state index in [-0.39, 0.29) is 28.1 Å². The molecule has 3 saturated carbocycles. The lowest BCUT2D eigenvalue weighted by atomic mass is 9.49. The molecule has 3 unspecified atom stereocenters. The van der Waals surface area contributed by atoms with Crippen molar-refractivity contribution in [3.8, 4) is 0 Å². The maximum Gasteiger partial charge on any atom is 0.253 e. The van der Waals surface area contributed by atoms with Crippen LogP contribution in [0.5, 0.6) is 0 Å². The van der Waals surface area contributed by atoms with Crippen molar-refractivity contribution in [2.75, 3.05) is 25.5 Å². The maximum atomic E-state index is 13.3. The topological polar surface area (TPSA) is 119 Å². The summed E-state index contributed by atoms with van der Waals surface area (Å²) < 4.78 is 26.5. The van der Waals surface area contributed by atoms with Crippen LogP contribution in [0.2, 0.25) is 0 Å². The number of hydrogen-bond donors (Lipinski definition) is 4. The van der Waals surface area contributed by atoms with Crippen LogP contribution >= 0.6 is 0 Å². The number of hydrazine groups is 1. The summed E-state index contributed by atoms with van der Waals surface area (Å²) in [6.45, 7) is 10.00. The molecule has 0 aromatic heterocycles. The molecular formula is C38H59N3O5S. The predicted molar refractivity (Wildman–Crippen MR) is 189 cm³/mol. The zero-order chi connectivity index (χ0) is 34.1. The first-order valence-electron chi connectivity index (χ1n) is 18.0. The molecule has 9 heteroatoms. The molecule has 2 aromatic carbocycles. The molecule has 9 atom stereocenters. The van der Waals surface area contributed by atoms with E-state index in [2.05, 4.69) is 38.0 Å². The molecule has 0 heterocycles. The summed E-state index contributed by atoms with van der Waals surface area (Å²) in [6, 6.07) is 11.1. The highest BCUT2D eigenvalue weighted by Gasteiger charge is 2.59. The third-order valence-corrected chi connectivity index (χ3v) is 14.2. The second-order valence-electron chi connectivity index (χ2n) is 16.2. The van der Waals surface area contributed by atoms with E-state index < -0.39 is 28.1 Å². The molecule has 5 rings (SSSR count). The van der Waals surface area contributed by atoms with Gasteiger partial charge in [0.2, 0.25) is 0 Å². The number of rotatable bonds is 11. The highest BCUT2D eigenvalue weighted by molar-refractivity contribution is 7.89. The molecule has 262 valence electrons. The zero-order valence-corrected chi connectivity index (χ0v) is 30.2. The van der Waals surface area contributed by atoms with Gasteiger partial charge in [0.1, 0.15) is 6.29 Å². The smallest absolute Gasteiger partial charge is 0.253 e. The van der Waals surface area contributed by atoms with E-state index in [0.29, 0.717) is 42.0 Å². The van der Waals surface area contributed by atoms with Crippen molar-refractivity contribution in [3.63, 3.8) is 0 Å². The van der Waals surface area contributed by atoms with Gasteiger partial charge in [-0.15, -0.1) is 4.83 Å². The number of anilines is 1. The van der Waals surface area contributed by atoms with Crippen LogP contribution in [0.25, 0.3) is 10.8 Å². The second kappa shape index (κ2) is 14.4. The van der Waals surface area contributed by atoms with E-state index >= 15 is 0 Å². The number of aliphatic hydroxyl groups excluding tert-OH is 2. The molecule has 0 bridgehead atoms. The van der Waals surface area contributed by atoms with Crippen LogP contribution in [0.15, 0.2) is 41.3 Å². The van der Waals surface area contributed by atoms with Gasteiger partial charge < -0.3 is 19.9 Å². The first kappa shape index (κ1) is 36.2. The van der Waals surface area contributed by atoms with Gasteiger partial charge in [-0.25, -0.2) is 13.8 Å². The number of fused-ring (bicyclic) bond motifs is 4. The lowest BCUT2D eigenvalue weighted by Gasteiger charge is -2.55. The normalized spacial score (nSPS) is 33.2. The SMILES string of the molecule is C[C@H](CCCCNNS(=O)(=O)c1cccc2c(N(C)C)cccc12)[C@H]1CCC2C3C(CC[C@@]21C)C(C)(C)CC[C@H](O)C[C@@H](O)[C@@H]3C=O. The number of benzene rings is 2. The predicted octanol–water partition coefficient (Wildman–Crippen LogP) is 6.30. The van der Waals surface area contributed by atoms with E-state index in [1.807, 2.05) is 43.3 Å². The first-order valence-corrected chi connectivity index (χ1v) is 19.4. The molecule has 3 fully saturated rings. The van der Waals surface area contributed by atoms with Gasteiger partial charge >= 0.3 is 0 Å². The average Bonchev–Trinajstić information content (AvgIpc) is 3.39. The molecule has 0 spiro atoms. The molecule has 3 aliphatic carbocycles. The fraction of sp³-hybridized carbons (Fsp3) is 0.711. The highest BCUT2D eigenvalue weighted by atomic mass is 32.2. The molecule has 2 aromatic rings. The molecule has 0 radical (unpaired) electrons. The Bertz CT molecular complexity index is 1500. The number of aldehydes is 1. The van der Waals surface area contributed by atoms with Gasteiger partial charge in [-0.3, -0.25) is 0 Å². The molecule has 0 amide bonds. The van der Waals surface area contributed by atoms with E-state index in [9.17, 15) is 23.4 Å². The summed E-state index contributed by atoms with van der Waals surface area (Å²) in [7, 11) is 0.162. The fourth-order valence-electron chi connectivity index (χ4n) is 10.3. The number of carbonyl (C=O) groups excluding carboxylic acids is 1. The summed E-state index contributed by atoms with van der Waals surface area (Å²) in [5.41, 5.74) is 4.09. The summed E-state index contributed by atoms with van der Waals surface area (Å²) in [5.74, 6) is 1.56. The molecular weight excluding hydrogens is 611 g/mol. The second-order valence-corrected chi connectivity index (χ2v) is 17.9. The van der Waals surface area contributed by atoms with E-state index in [0.717, 1.165) is 68.7 Å². The minimum atomic E-state index is -3.74. The van der Waals surface area contributed by atoms with Gasteiger partial charge in [0.05, 0.1) is 17.1 Å². The third-order valence-electron chi connectivity index (χ3n) is 12.8. The van der Waals surface area contributed by atoms with Gasteiger partial charge in [-0.1, -0.05) is 64.8 Å². The Morgan fingerprint density at radius 3 is 2.40 bits per heavy atom. The van der Waals surface area contributed by atoms with Crippen LogP contribution in [0.3, 0.4) is 0 Å². The molecule has 0 saturated heterocycles.